The molecule has 0 aliphatic rings. The molecular formula is C23H20ClFN4O3. The Labute approximate surface area is 188 Å². The summed E-state index contributed by atoms with van der Waals surface area (Å²) in [5.41, 5.74) is 1.96. The molecule has 1 N–H and O–H groups in total. The molecule has 4 rings (SSSR count). The van der Waals surface area contributed by atoms with Crippen LogP contribution in [0.1, 0.15) is 32.9 Å². The van der Waals surface area contributed by atoms with Crippen LogP contribution in [0.5, 0.6) is 5.75 Å². The molecule has 0 fully saturated rings. The number of carbonyl (C=O) groups excluding carboxylic acids is 1. The number of anilines is 1. The van der Waals surface area contributed by atoms with Gasteiger partial charge >= 0.3 is 0 Å². The Kier molecular flexibility index (Phi) is 6.23. The number of halogens is 2. The van der Waals surface area contributed by atoms with E-state index in [1.165, 1.54) is 16.8 Å². The average molecular weight is 455 g/mol. The van der Waals surface area contributed by atoms with Crippen molar-refractivity contribution in [3.63, 3.8) is 0 Å². The van der Waals surface area contributed by atoms with Gasteiger partial charge in [0, 0.05) is 22.8 Å². The van der Waals surface area contributed by atoms with E-state index in [2.05, 4.69) is 15.6 Å². The zero-order valence-electron chi connectivity index (χ0n) is 17.4. The first-order chi connectivity index (χ1) is 15.4. The lowest BCUT2D eigenvalue weighted by Gasteiger charge is -2.09. The van der Waals surface area contributed by atoms with Gasteiger partial charge in [-0.25, -0.2) is 4.39 Å². The van der Waals surface area contributed by atoms with Crippen LogP contribution >= 0.6 is 11.6 Å². The summed E-state index contributed by atoms with van der Waals surface area (Å²) in [5.74, 6) is 0.580. The third-order valence-corrected chi connectivity index (χ3v) is 5.28. The van der Waals surface area contributed by atoms with Crippen molar-refractivity contribution in [3.8, 4) is 5.75 Å². The van der Waals surface area contributed by atoms with Gasteiger partial charge in [0.05, 0.1) is 12.1 Å². The maximum Gasteiger partial charge on any atom is 0.279 e. The first-order valence-corrected chi connectivity index (χ1v) is 10.2. The summed E-state index contributed by atoms with van der Waals surface area (Å²) >= 11 is 6.07. The van der Waals surface area contributed by atoms with Crippen molar-refractivity contribution < 1.29 is 18.4 Å². The van der Waals surface area contributed by atoms with Crippen LogP contribution in [0.4, 0.5) is 10.2 Å². The second kappa shape index (κ2) is 9.23. The Morgan fingerprint density at radius 1 is 1.16 bits per heavy atom. The van der Waals surface area contributed by atoms with E-state index in [-0.39, 0.29) is 24.7 Å². The largest absolute Gasteiger partial charge is 0.488 e. The second-order valence-electron chi connectivity index (χ2n) is 7.17. The highest BCUT2D eigenvalue weighted by Gasteiger charge is 2.21. The zero-order valence-corrected chi connectivity index (χ0v) is 18.2. The summed E-state index contributed by atoms with van der Waals surface area (Å²) in [7, 11) is 0. The number of aryl methyl sites for hydroxylation is 2. The number of benzene rings is 2. The molecule has 0 aliphatic carbocycles. The molecule has 164 valence electrons. The molecule has 0 radical (unpaired) electrons. The van der Waals surface area contributed by atoms with Crippen LogP contribution in [0.25, 0.3) is 0 Å². The van der Waals surface area contributed by atoms with Gasteiger partial charge < -0.3 is 14.6 Å². The highest BCUT2D eigenvalue weighted by Crippen LogP contribution is 2.22. The third kappa shape index (κ3) is 4.65. The third-order valence-electron chi connectivity index (χ3n) is 4.93. The van der Waals surface area contributed by atoms with Crippen molar-refractivity contribution >= 4 is 23.3 Å². The van der Waals surface area contributed by atoms with Gasteiger partial charge in [-0.05, 0) is 37.6 Å². The molecule has 1 amide bonds. The molecule has 4 aromatic rings. The maximum atomic E-state index is 14.0. The average Bonchev–Trinajstić information content (AvgIpc) is 3.36. The van der Waals surface area contributed by atoms with Gasteiger partial charge in [-0.2, -0.15) is 5.10 Å². The molecule has 0 atom stereocenters. The minimum Gasteiger partial charge on any atom is -0.488 e. The van der Waals surface area contributed by atoms with Crippen LogP contribution in [-0.2, 0) is 13.2 Å². The Morgan fingerprint density at radius 3 is 2.75 bits per heavy atom. The van der Waals surface area contributed by atoms with Crippen LogP contribution in [0.3, 0.4) is 0 Å². The van der Waals surface area contributed by atoms with Crippen molar-refractivity contribution in [1.29, 1.82) is 0 Å². The minimum atomic E-state index is -0.487. The van der Waals surface area contributed by atoms with E-state index in [9.17, 15) is 9.18 Å². The molecule has 32 heavy (non-hydrogen) atoms. The summed E-state index contributed by atoms with van der Waals surface area (Å²) in [4.78, 5) is 12.8. The van der Waals surface area contributed by atoms with Gasteiger partial charge in [0.15, 0.2) is 11.5 Å². The number of ether oxygens (including phenoxy) is 1. The van der Waals surface area contributed by atoms with Crippen LogP contribution in [0.15, 0.2) is 59.3 Å². The van der Waals surface area contributed by atoms with Crippen LogP contribution in [0.2, 0.25) is 5.02 Å². The molecule has 0 saturated carbocycles. The Balaban J connectivity index is 1.45. The molecule has 2 heterocycles. The van der Waals surface area contributed by atoms with Crippen molar-refractivity contribution in [2.75, 3.05) is 5.32 Å². The van der Waals surface area contributed by atoms with Crippen LogP contribution < -0.4 is 10.1 Å². The number of aromatic nitrogens is 3. The van der Waals surface area contributed by atoms with E-state index in [1.54, 1.807) is 25.3 Å². The molecule has 0 saturated heterocycles. The summed E-state index contributed by atoms with van der Waals surface area (Å²) in [6, 6.07) is 13.7. The molecule has 9 heteroatoms. The molecular weight excluding hydrogens is 435 g/mol. The quantitative estimate of drug-likeness (QED) is 0.417. The van der Waals surface area contributed by atoms with Gasteiger partial charge in [-0.3, -0.25) is 9.48 Å². The number of rotatable bonds is 7. The number of carbonyl (C=O) groups is 1. The van der Waals surface area contributed by atoms with Crippen LogP contribution in [-0.4, -0.2) is 20.8 Å². The molecule has 2 aromatic heterocycles. The summed E-state index contributed by atoms with van der Waals surface area (Å²) in [6.07, 6.45) is 1.62. The number of amides is 1. The molecule has 7 nitrogen and oxygen atoms in total. The van der Waals surface area contributed by atoms with E-state index in [0.29, 0.717) is 27.7 Å². The smallest absolute Gasteiger partial charge is 0.279 e. The van der Waals surface area contributed by atoms with Crippen molar-refractivity contribution in [1.82, 2.24) is 14.9 Å². The van der Waals surface area contributed by atoms with E-state index in [0.717, 1.165) is 5.56 Å². The lowest BCUT2D eigenvalue weighted by molar-refractivity contribution is 0.101. The summed E-state index contributed by atoms with van der Waals surface area (Å²) in [5, 5.41) is 11.1. The topological polar surface area (TPSA) is 82.2 Å². The van der Waals surface area contributed by atoms with Gasteiger partial charge in [0.2, 0.25) is 0 Å². The monoisotopic (exact) mass is 454 g/mol. The zero-order chi connectivity index (χ0) is 22.7. The normalized spacial score (nSPS) is 10.9. The predicted molar refractivity (Wildman–Crippen MR) is 117 cm³/mol. The van der Waals surface area contributed by atoms with Gasteiger partial charge in [-0.1, -0.05) is 41.0 Å². The number of hydrogen-bond donors (Lipinski definition) is 1. The highest BCUT2D eigenvalue weighted by atomic mass is 35.5. The van der Waals surface area contributed by atoms with Gasteiger partial charge in [0.1, 0.15) is 23.9 Å². The number of nitrogens with one attached hydrogen (secondary N) is 1. The fourth-order valence-corrected chi connectivity index (χ4v) is 3.37. The lowest BCUT2D eigenvalue weighted by atomic mass is 10.2. The molecule has 0 unspecified atom stereocenters. The fourth-order valence-electron chi connectivity index (χ4n) is 3.15. The molecule has 0 spiro atoms. The number of nitrogens with zero attached hydrogens (tertiary/aromatic N) is 3. The molecule has 0 bridgehead atoms. The molecule has 2 aromatic carbocycles. The Hall–Kier alpha value is -3.65. The van der Waals surface area contributed by atoms with E-state index in [4.69, 9.17) is 20.9 Å². The Bertz CT molecular complexity index is 1250. The number of hydrogen-bond acceptors (Lipinski definition) is 5. The van der Waals surface area contributed by atoms with Crippen LogP contribution in [0, 0.1) is 19.7 Å². The van der Waals surface area contributed by atoms with Gasteiger partial charge in [0.25, 0.3) is 5.91 Å². The standard InChI is InChI=1S/C23H20ClFN4O3/c1-14-6-3-4-9-20(14)31-13-17-15(2)32-28-22(17)23(30)26-21-10-11-29(27-21)12-16-18(24)7-5-8-19(16)25/h3-11H,12-13H2,1-2H3,(H,26,27,30). The second-order valence-corrected chi connectivity index (χ2v) is 7.58. The summed E-state index contributed by atoms with van der Waals surface area (Å²) < 4.78 is 26.6. The van der Waals surface area contributed by atoms with Gasteiger partial charge in [-0.15, -0.1) is 0 Å². The van der Waals surface area contributed by atoms with E-state index < -0.39 is 11.7 Å². The van der Waals surface area contributed by atoms with E-state index in [1.807, 2.05) is 31.2 Å². The summed E-state index contributed by atoms with van der Waals surface area (Å²) in [6.45, 7) is 3.91. The maximum absolute atomic E-state index is 14.0. The first-order valence-electron chi connectivity index (χ1n) is 9.83. The molecule has 0 aliphatic heterocycles. The van der Waals surface area contributed by atoms with Crippen molar-refractivity contribution in [3.05, 3.63) is 93.7 Å². The SMILES string of the molecule is Cc1ccccc1OCc1c(C(=O)Nc2ccn(Cc3c(F)cccc3Cl)n2)noc1C. The minimum absolute atomic E-state index is 0.114. The highest BCUT2D eigenvalue weighted by molar-refractivity contribution is 6.31. The number of para-hydroxylation sites is 1. The van der Waals surface area contributed by atoms with E-state index >= 15 is 0 Å². The Morgan fingerprint density at radius 2 is 1.97 bits per heavy atom. The first kappa shape index (κ1) is 21.6. The fraction of sp³-hybridized carbons (Fsp3) is 0.174. The van der Waals surface area contributed by atoms with Crippen molar-refractivity contribution in [2.24, 2.45) is 0 Å². The van der Waals surface area contributed by atoms with Crippen molar-refractivity contribution in [2.45, 2.75) is 27.0 Å². The lowest BCUT2D eigenvalue weighted by Crippen LogP contribution is -2.16. The predicted octanol–water partition coefficient (Wildman–Crippen LogP) is 5.16.